The average Bonchev–Trinajstić information content (AvgIpc) is 3.10. The van der Waals surface area contributed by atoms with Gasteiger partial charge in [-0.15, -0.1) is 0 Å². The first kappa shape index (κ1) is 11.8. The molecule has 0 aliphatic heterocycles. The Labute approximate surface area is 113 Å². The second kappa shape index (κ2) is 4.79. The summed E-state index contributed by atoms with van der Waals surface area (Å²) in [5, 5.41) is 8.37. The van der Waals surface area contributed by atoms with Crippen LogP contribution in [0.4, 0.5) is 0 Å². The molecule has 0 unspecified atom stereocenters. The summed E-state index contributed by atoms with van der Waals surface area (Å²) in [7, 11) is 0. The van der Waals surface area contributed by atoms with Gasteiger partial charge in [-0.2, -0.15) is 10.1 Å². The van der Waals surface area contributed by atoms with Gasteiger partial charge in [0.25, 0.3) is 0 Å². The van der Waals surface area contributed by atoms with E-state index >= 15 is 0 Å². The molecule has 0 bridgehead atoms. The molecule has 8 heteroatoms. The zero-order valence-electron chi connectivity index (χ0n) is 9.69. The first-order valence-electron chi connectivity index (χ1n) is 5.45. The summed E-state index contributed by atoms with van der Waals surface area (Å²) in [6, 6.07) is 5.38. The molecule has 19 heavy (non-hydrogen) atoms. The molecule has 0 spiro atoms. The van der Waals surface area contributed by atoms with Crippen molar-refractivity contribution in [2.75, 3.05) is 0 Å². The molecule has 2 N–H and O–H groups in total. The highest BCUT2D eigenvalue weighted by molar-refractivity contribution is 6.32. The lowest BCUT2D eigenvalue weighted by molar-refractivity contribution is 0.380. The van der Waals surface area contributed by atoms with Crippen molar-refractivity contribution in [2.24, 2.45) is 5.73 Å². The number of aromatic nitrogens is 5. The molecule has 0 fully saturated rings. The maximum atomic E-state index is 6.21. The molecule has 3 aromatic rings. The van der Waals surface area contributed by atoms with Crippen LogP contribution < -0.4 is 5.73 Å². The van der Waals surface area contributed by atoms with Crippen LogP contribution >= 0.6 is 11.6 Å². The molecule has 2 heterocycles. The molecule has 0 amide bonds. The van der Waals surface area contributed by atoms with E-state index in [2.05, 4.69) is 20.2 Å². The van der Waals surface area contributed by atoms with Crippen molar-refractivity contribution in [3.8, 4) is 17.1 Å². The fourth-order valence-electron chi connectivity index (χ4n) is 1.62. The van der Waals surface area contributed by atoms with Crippen molar-refractivity contribution in [1.82, 2.24) is 24.9 Å². The van der Waals surface area contributed by atoms with Crippen molar-refractivity contribution in [3.05, 3.63) is 41.8 Å². The van der Waals surface area contributed by atoms with Gasteiger partial charge in [0.2, 0.25) is 11.7 Å². The minimum Gasteiger partial charge on any atom is -0.338 e. The molecule has 0 atom stereocenters. The SMILES string of the molecule is NCc1nc(-c2ccc(-n3cncn3)c(Cl)c2)no1. The largest absolute Gasteiger partial charge is 0.338 e. The molecule has 96 valence electrons. The van der Waals surface area contributed by atoms with Gasteiger partial charge < -0.3 is 10.3 Å². The van der Waals surface area contributed by atoms with E-state index in [4.69, 9.17) is 21.9 Å². The van der Waals surface area contributed by atoms with Crippen molar-refractivity contribution < 1.29 is 4.52 Å². The normalized spacial score (nSPS) is 10.8. The Morgan fingerprint density at radius 3 is 2.89 bits per heavy atom. The summed E-state index contributed by atoms with van der Waals surface area (Å²) >= 11 is 6.21. The van der Waals surface area contributed by atoms with Crippen LogP contribution in [0, 0.1) is 0 Å². The predicted octanol–water partition coefficient (Wildman–Crippen LogP) is 1.43. The molecule has 2 aromatic heterocycles. The van der Waals surface area contributed by atoms with Crippen molar-refractivity contribution in [2.45, 2.75) is 6.54 Å². The van der Waals surface area contributed by atoms with Gasteiger partial charge in [0.1, 0.15) is 12.7 Å². The Hall–Kier alpha value is -2.25. The first-order valence-corrected chi connectivity index (χ1v) is 5.83. The topological polar surface area (TPSA) is 95.7 Å². The quantitative estimate of drug-likeness (QED) is 0.777. The highest BCUT2D eigenvalue weighted by Crippen LogP contribution is 2.25. The van der Waals surface area contributed by atoms with E-state index in [9.17, 15) is 0 Å². The highest BCUT2D eigenvalue weighted by atomic mass is 35.5. The maximum Gasteiger partial charge on any atom is 0.240 e. The number of rotatable bonds is 3. The third kappa shape index (κ3) is 2.20. The summed E-state index contributed by atoms with van der Waals surface area (Å²) < 4.78 is 6.53. The van der Waals surface area contributed by atoms with Crippen LogP contribution in [-0.4, -0.2) is 24.9 Å². The Kier molecular flexibility index (Phi) is 2.98. The van der Waals surface area contributed by atoms with Crippen LogP contribution in [0.1, 0.15) is 5.89 Å². The van der Waals surface area contributed by atoms with Crippen molar-refractivity contribution in [3.63, 3.8) is 0 Å². The average molecular weight is 277 g/mol. The lowest BCUT2D eigenvalue weighted by atomic mass is 10.2. The van der Waals surface area contributed by atoms with Gasteiger partial charge in [0, 0.05) is 5.56 Å². The second-order valence-electron chi connectivity index (χ2n) is 3.72. The Balaban J connectivity index is 1.99. The third-order valence-electron chi connectivity index (χ3n) is 2.51. The van der Waals surface area contributed by atoms with Gasteiger partial charge in [-0.1, -0.05) is 16.8 Å². The van der Waals surface area contributed by atoms with Gasteiger partial charge >= 0.3 is 0 Å². The summed E-state index contributed by atoms with van der Waals surface area (Å²) in [4.78, 5) is 8.01. The van der Waals surface area contributed by atoms with E-state index in [-0.39, 0.29) is 6.54 Å². The Morgan fingerprint density at radius 2 is 2.26 bits per heavy atom. The predicted molar refractivity (Wildman–Crippen MR) is 67.6 cm³/mol. The lowest BCUT2D eigenvalue weighted by Crippen LogP contribution is -1.96. The number of hydrogen-bond donors (Lipinski definition) is 1. The van der Waals surface area contributed by atoms with Gasteiger partial charge in [-0.3, -0.25) is 0 Å². The van der Waals surface area contributed by atoms with E-state index in [0.717, 1.165) is 11.3 Å². The number of halogens is 1. The molecule has 1 aromatic carbocycles. The molecule has 0 saturated heterocycles. The minimum absolute atomic E-state index is 0.206. The zero-order chi connectivity index (χ0) is 13.2. The van der Waals surface area contributed by atoms with E-state index in [1.807, 2.05) is 12.1 Å². The molecular formula is C11H9ClN6O. The second-order valence-corrected chi connectivity index (χ2v) is 4.13. The molecule has 7 nitrogen and oxygen atoms in total. The molecule has 0 saturated carbocycles. The van der Waals surface area contributed by atoms with E-state index in [0.29, 0.717) is 16.7 Å². The number of nitrogens with zero attached hydrogens (tertiary/aromatic N) is 5. The fourth-order valence-corrected chi connectivity index (χ4v) is 1.89. The van der Waals surface area contributed by atoms with Crippen LogP contribution in [0.5, 0.6) is 0 Å². The first-order chi connectivity index (χ1) is 9.28. The van der Waals surface area contributed by atoms with Gasteiger partial charge in [-0.05, 0) is 18.2 Å². The van der Waals surface area contributed by atoms with Gasteiger partial charge in [0.15, 0.2) is 0 Å². The van der Waals surface area contributed by atoms with E-state index in [1.54, 1.807) is 17.1 Å². The maximum absolute atomic E-state index is 6.21. The van der Waals surface area contributed by atoms with Crippen LogP contribution in [0.15, 0.2) is 35.4 Å². The highest BCUT2D eigenvalue weighted by Gasteiger charge is 2.10. The number of hydrogen-bond acceptors (Lipinski definition) is 6. The number of benzene rings is 1. The Bertz CT molecular complexity index is 693. The molecular weight excluding hydrogens is 268 g/mol. The smallest absolute Gasteiger partial charge is 0.240 e. The van der Waals surface area contributed by atoms with E-state index < -0.39 is 0 Å². The van der Waals surface area contributed by atoms with Crippen LogP contribution in [-0.2, 0) is 6.54 Å². The fraction of sp³-hybridized carbons (Fsp3) is 0.0909. The minimum atomic E-state index is 0.206. The summed E-state index contributed by atoms with van der Waals surface area (Å²) in [5.41, 5.74) is 6.89. The van der Waals surface area contributed by atoms with Gasteiger partial charge in [0.05, 0.1) is 17.3 Å². The van der Waals surface area contributed by atoms with Crippen molar-refractivity contribution >= 4 is 11.6 Å². The van der Waals surface area contributed by atoms with Crippen LogP contribution in [0.3, 0.4) is 0 Å². The van der Waals surface area contributed by atoms with Crippen LogP contribution in [0.25, 0.3) is 17.1 Å². The van der Waals surface area contributed by atoms with Gasteiger partial charge in [-0.25, -0.2) is 9.67 Å². The molecule has 0 aliphatic rings. The summed E-state index contributed by atoms with van der Waals surface area (Å²) in [6.07, 6.45) is 3.01. The Morgan fingerprint density at radius 1 is 1.37 bits per heavy atom. The number of nitrogens with two attached hydrogens (primary N) is 1. The summed E-state index contributed by atoms with van der Waals surface area (Å²) in [5.74, 6) is 0.832. The molecule has 0 aliphatic carbocycles. The molecule has 0 radical (unpaired) electrons. The lowest BCUT2D eigenvalue weighted by Gasteiger charge is -2.04. The monoisotopic (exact) mass is 276 g/mol. The molecule has 3 rings (SSSR count). The van der Waals surface area contributed by atoms with Crippen LogP contribution in [0.2, 0.25) is 5.02 Å². The zero-order valence-corrected chi connectivity index (χ0v) is 10.4. The van der Waals surface area contributed by atoms with Crippen molar-refractivity contribution in [1.29, 1.82) is 0 Å². The summed E-state index contributed by atoms with van der Waals surface area (Å²) in [6.45, 7) is 0.206. The van der Waals surface area contributed by atoms with E-state index in [1.165, 1.54) is 6.33 Å². The third-order valence-corrected chi connectivity index (χ3v) is 2.82. The standard InChI is InChI=1S/C11H9ClN6O/c12-8-3-7(11-16-10(4-13)19-17-11)1-2-9(8)18-6-14-5-15-18/h1-3,5-6H,4,13H2.